The minimum atomic E-state index is -3.58. The maximum atomic E-state index is 12.3. The number of sulfone groups is 1. The Morgan fingerprint density at radius 3 is 2.52 bits per heavy atom. The summed E-state index contributed by atoms with van der Waals surface area (Å²) in [5.74, 6) is 0.434. The molecule has 0 saturated carbocycles. The van der Waals surface area contributed by atoms with Crippen molar-refractivity contribution in [1.29, 1.82) is 0 Å². The summed E-state index contributed by atoms with van der Waals surface area (Å²) in [5, 5.41) is 18.7. The van der Waals surface area contributed by atoms with Gasteiger partial charge in [0.2, 0.25) is 9.84 Å². The lowest BCUT2D eigenvalue weighted by Crippen LogP contribution is -2.08. The van der Waals surface area contributed by atoms with Crippen LogP contribution in [0.2, 0.25) is 0 Å². The number of rotatable bonds is 3. The van der Waals surface area contributed by atoms with Gasteiger partial charge in [-0.2, -0.15) is 0 Å². The Morgan fingerprint density at radius 2 is 1.76 bits per heavy atom. The van der Waals surface area contributed by atoms with Gasteiger partial charge in [-0.25, -0.2) is 8.42 Å². The zero-order valence-electron chi connectivity index (χ0n) is 10.9. The third-order valence-corrected chi connectivity index (χ3v) is 5.02. The zero-order chi connectivity index (χ0) is 15.0. The highest BCUT2D eigenvalue weighted by Crippen LogP contribution is 2.35. The number of hydrogen-bond acceptors (Lipinski definition) is 5. The molecule has 2 N–H and O–H groups in total. The summed E-state index contributed by atoms with van der Waals surface area (Å²) in [6.45, 7) is -0.138. The lowest BCUT2D eigenvalue weighted by Gasteiger charge is -2.07. The third kappa shape index (κ3) is 2.45. The Hall–Kier alpha value is -2.47. The monoisotopic (exact) mass is 304 g/mol. The van der Waals surface area contributed by atoms with Crippen LogP contribution in [-0.2, 0) is 9.84 Å². The smallest absolute Gasteiger partial charge is 0.206 e. The molecular formula is C15H12O5S. The molecule has 2 aromatic rings. The van der Waals surface area contributed by atoms with E-state index in [4.69, 9.17) is 4.74 Å². The van der Waals surface area contributed by atoms with Gasteiger partial charge in [-0.1, -0.05) is 6.07 Å². The number of hydrogen-bond donors (Lipinski definition) is 2. The van der Waals surface area contributed by atoms with Gasteiger partial charge in [0.15, 0.2) is 0 Å². The number of phenols is 2. The molecule has 0 bridgehead atoms. The van der Waals surface area contributed by atoms with E-state index in [2.05, 4.69) is 0 Å². The van der Waals surface area contributed by atoms with E-state index in [9.17, 15) is 18.6 Å². The first-order valence-electron chi connectivity index (χ1n) is 6.17. The predicted octanol–water partition coefficient (Wildman–Crippen LogP) is 2.31. The standard InChI is InChI=1S/C15H12O5S/c16-11-2-1-3-13(8-11)20-9-14-7-10-6-12(17)4-5-15(10)21(14,18)19/h1-8,16-17H,9H2. The van der Waals surface area contributed by atoms with E-state index in [0.29, 0.717) is 11.3 Å². The average Bonchev–Trinajstić information content (AvgIpc) is 2.67. The van der Waals surface area contributed by atoms with E-state index in [0.717, 1.165) is 0 Å². The topological polar surface area (TPSA) is 83.8 Å². The van der Waals surface area contributed by atoms with Gasteiger partial charge >= 0.3 is 0 Å². The number of benzene rings is 2. The van der Waals surface area contributed by atoms with Crippen molar-refractivity contribution in [3.8, 4) is 17.2 Å². The maximum Gasteiger partial charge on any atom is 0.206 e. The largest absolute Gasteiger partial charge is 0.508 e. The van der Waals surface area contributed by atoms with Crippen molar-refractivity contribution in [2.45, 2.75) is 4.90 Å². The van der Waals surface area contributed by atoms with Crippen LogP contribution in [0.3, 0.4) is 0 Å². The molecule has 1 aliphatic rings. The molecule has 0 aromatic heterocycles. The van der Waals surface area contributed by atoms with Crippen LogP contribution in [0.4, 0.5) is 0 Å². The van der Waals surface area contributed by atoms with Crippen LogP contribution in [0.1, 0.15) is 5.56 Å². The second-order valence-electron chi connectivity index (χ2n) is 4.62. The highest BCUT2D eigenvalue weighted by Gasteiger charge is 2.30. The van der Waals surface area contributed by atoms with Gasteiger partial charge in [0.1, 0.15) is 23.9 Å². The molecule has 2 aromatic carbocycles. The summed E-state index contributed by atoms with van der Waals surface area (Å²) < 4.78 is 30.0. The number of aromatic hydroxyl groups is 2. The molecule has 0 fully saturated rings. The summed E-state index contributed by atoms with van der Waals surface area (Å²) >= 11 is 0. The van der Waals surface area contributed by atoms with Crippen LogP contribution < -0.4 is 4.74 Å². The Morgan fingerprint density at radius 1 is 1.00 bits per heavy atom. The summed E-state index contributed by atoms with van der Waals surface area (Å²) in [6.07, 6.45) is 1.48. The average molecular weight is 304 g/mol. The molecule has 3 rings (SSSR count). The van der Waals surface area contributed by atoms with E-state index < -0.39 is 9.84 Å². The normalized spacial score (nSPS) is 15.3. The summed E-state index contributed by atoms with van der Waals surface area (Å²) in [6, 6.07) is 10.2. The highest BCUT2D eigenvalue weighted by atomic mass is 32.2. The fraction of sp³-hybridized carbons (Fsp3) is 0.0667. The van der Waals surface area contributed by atoms with Crippen molar-refractivity contribution >= 4 is 15.9 Å². The fourth-order valence-corrected chi connectivity index (χ4v) is 3.59. The van der Waals surface area contributed by atoms with Gasteiger partial charge in [0, 0.05) is 6.07 Å². The minimum Gasteiger partial charge on any atom is -0.508 e. The molecule has 6 heteroatoms. The second-order valence-corrected chi connectivity index (χ2v) is 6.59. The van der Waals surface area contributed by atoms with E-state index in [1.807, 2.05) is 0 Å². The van der Waals surface area contributed by atoms with E-state index in [1.165, 1.54) is 36.4 Å². The van der Waals surface area contributed by atoms with Crippen molar-refractivity contribution in [3.63, 3.8) is 0 Å². The summed E-state index contributed by atoms with van der Waals surface area (Å²) in [4.78, 5) is 0.279. The number of ether oxygens (including phenoxy) is 1. The quantitative estimate of drug-likeness (QED) is 0.909. The Kier molecular flexibility index (Phi) is 3.10. The molecule has 1 heterocycles. The molecule has 0 atom stereocenters. The Labute approximate surface area is 121 Å². The third-order valence-electron chi connectivity index (χ3n) is 3.14. The highest BCUT2D eigenvalue weighted by molar-refractivity contribution is 7.95. The molecular weight excluding hydrogens is 292 g/mol. The Balaban J connectivity index is 1.86. The van der Waals surface area contributed by atoms with E-state index >= 15 is 0 Å². The van der Waals surface area contributed by atoms with Crippen LogP contribution in [0, 0.1) is 0 Å². The first kappa shape index (κ1) is 13.5. The molecule has 0 saturated heterocycles. The molecule has 5 nitrogen and oxygen atoms in total. The lowest BCUT2D eigenvalue weighted by atomic mass is 10.2. The van der Waals surface area contributed by atoms with Gasteiger partial charge in [-0.15, -0.1) is 0 Å². The van der Waals surface area contributed by atoms with Crippen molar-refractivity contribution in [1.82, 2.24) is 0 Å². The summed E-state index contributed by atoms with van der Waals surface area (Å²) in [5.41, 5.74) is 0.449. The first-order chi connectivity index (χ1) is 9.96. The zero-order valence-corrected chi connectivity index (χ0v) is 11.7. The molecule has 0 unspecified atom stereocenters. The van der Waals surface area contributed by atoms with Crippen LogP contribution in [0.5, 0.6) is 17.2 Å². The van der Waals surface area contributed by atoms with Crippen molar-refractivity contribution in [3.05, 3.63) is 52.9 Å². The summed E-state index contributed by atoms with van der Waals surface area (Å²) in [7, 11) is -3.58. The molecule has 108 valence electrons. The van der Waals surface area contributed by atoms with Gasteiger partial charge < -0.3 is 14.9 Å². The fourth-order valence-electron chi connectivity index (χ4n) is 2.13. The molecule has 0 amide bonds. The number of phenolic OH excluding ortho intramolecular Hbond substituents is 2. The predicted molar refractivity (Wildman–Crippen MR) is 76.9 cm³/mol. The van der Waals surface area contributed by atoms with Gasteiger partial charge in [-0.05, 0) is 42.0 Å². The van der Waals surface area contributed by atoms with Crippen LogP contribution in [0.15, 0.2) is 52.3 Å². The Bertz CT molecular complexity index is 837. The van der Waals surface area contributed by atoms with Crippen molar-refractivity contribution in [2.75, 3.05) is 6.61 Å². The first-order valence-corrected chi connectivity index (χ1v) is 7.66. The van der Waals surface area contributed by atoms with Crippen molar-refractivity contribution < 1.29 is 23.4 Å². The van der Waals surface area contributed by atoms with Crippen molar-refractivity contribution in [2.24, 2.45) is 0 Å². The molecule has 21 heavy (non-hydrogen) atoms. The van der Waals surface area contributed by atoms with Gasteiger partial charge in [0.05, 0.1) is 9.80 Å². The minimum absolute atomic E-state index is 0.00958. The molecule has 0 spiro atoms. The van der Waals surface area contributed by atoms with E-state index in [-0.39, 0.29) is 27.9 Å². The molecule has 0 aliphatic carbocycles. The second kappa shape index (κ2) is 4.82. The van der Waals surface area contributed by atoms with Crippen LogP contribution >= 0.6 is 0 Å². The lowest BCUT2D eigenvalue weighted by molar-refractivity contribution is 0.356. The van der Waals surface area contributed by atoms with Gasteiger partial charge in [0.25, 0.3) is 0 Å². The number of fused-ring (bicyclic) bond motifs is 1. The van der Waals surface area contributed by atoms with Crippen LogP contribution in [-0.4, -0.2) is 25.2 Å². The van der Waals surface area contributed by atoms with Crippen LogP contribution in [0.25, 0.3) is 6.08 Å². The SMILES string of the molecule is O=S1(=O)C(COc2cccc(O)c2)=Cc2cc(O)ccc21. The van der Waals surface area contributed by atoms with E-state index in [1.54, 1.807) is 12.1 Å². The maximum absolute atomic E-state index is 12.3. The van der Waals surface area contributed by atoms with Gasteiger partial charge in [-0.3, -0.25) is 0 Å². The molecule has 1 aliphatic heterocycles. The molecule has 0 radical (unpaired) electrons.